The highest BCUT2D eigenvalue weighted by atomic mass is 35.5. The third-order valence-electron chi connectivity index (χ3n) is 6.58. The molecule has 2 aliphatic rings. The summed E-state index contributed by atoms with van der Waals surface area (Å²) in [6.45, 7) is 3.86. The zero-order chi connectivity index (χ0) is 26.2. The third kappa shape index (κ3) is 7.07. The molecule has 0 spiro atoms. The average molecular weight is 529 g/mol. The van der Waals surface area contributed by atoms with E-state index in [4.69, 9.17) is 30.9 Å². The maximum atomic E-state index is 13.6. The maximum absolute atomic E-state index is 13.6. The molecule has 1 unspecified atom stereocenters. The summed E-state index contributed by atoms with van der Waals surface area (Å²) in [6.07, 6.45) is 0.541. The van der Waals surface area contributed by atoms with Crippen LogP contribution in [0.3, 0.4) is 0 Å². The first-order chi connectivity index (χ1) is 18.0. The molecule has 0 radical (unpaired) electrons. The fourth-order valence-electron chi connectivity index (χ4n) is 4.47. The van der Waals surface area contributed by atoms with Gasteiger partial charge in [0.2, 0.25) is 5.91 Å². The monoisotopic (exact) mass is 528 g/mol. The molecule has 4 rings (SSSR count). The van der Waals surface area contributed by atoms with E-state index in [1.54, 1.807) is 12.0 Å². The number of benzene rings is 2. The first-order valence-corrected chi connectivity index (χ1v) is 12.7. The number of hydrazone groups is 1. The number of ether oxygens (including phenoxy) is 3. The zero-order valence-electron chi connectivity index (χ0n) is 21.3. The summed E-state index contributed by atoms with van der Waals surface area (Å²) >= 11 is 6.11. The van der Waals surface area contributed by atoms with Crippen LogP contribution in [0.2, 0.25) is 5.02 Å². The Morgan fingerprint density at radius 2 is 1.78 bits per heavy atom. The predicted octanol–water partition coefficient (Wildman–Crippen LogP) is 2.83. The Labute approximate surface area is 222 Å². The van der Waals surface area contributed by atoms with Crippen LogP contribution < -0.4 is 4.74 Å². The average Bonchev–Trinajstić information content (AvgIpc) is 3.38. The molecule has 10 heteroatoms. The van der Waals surface area contributed by atoms with E-state index in [2.05, 4.69) is 4.90 Å². The van der Waals surface area contributed by atoms with Crippen molar-refractivity contribution in [3.63, 3.8) is 0 Å². The number of amides is 2. The second-order valence-corrected chi connectivity index (χ2v) is 9.42. The van der Waals surface area contributed by atoms with Crippen molar-refractivity contribution in [2.45, 2.75) is 12.5 Å². The van der Waals surface area contributed by atoms with Gasteiger partial charge in [-0.05, 0) is 47.5 Å². The fraction of sp³-hybridized carbons (Fsp3) is 0.444. The van der Waals surface area contributed by atoms with Crippen molar-refractivity contribution in [1.82, 2.24) is 14.8 Å². The Hall–Kier alpha value is -2.98. The highest BCUT2D eigenvalue weighted by molar-refractivity contribution is 6.30. The van der Waals surface area contributed by atoms with Crippen molar-refractivity contribution >= 4 is 29.1 Å². The van der Waals surface area contributed by atoms with Crippen LogP contribution in [0.4, 0.5) is 0 Å². The van der Waals surface area contributed by atoms with Crippen LogP contribution in [0.1, 0.15) is 23.6 Å². The molecule has 9 nitrogen and oxygen atoms in total. The Morgan fingerprint density at radius 1 is 1.08 bits per heavy atom. The lowest BCUT2D eigenvalue weighted by molar-refractivity contribution is -0.143. The van der Waals surface area contributed by atoms with Crippen LogP contribution in [-0.2, 0) is 19.1 Å². The van der Waals surface area contributed by atoms with Crippen LogP contribution in [0.5, 0.6) is 5.75 Å². The van der Waals surface area contributed by atoms with E-state index < -0.39 is 0 Å². The molecule has 1 saturated heterocycles. The smallest absolute Gasteiger partial charge is 0.262 e. The van der Waals surface area contributed by atoms with Gasteiger partial charge >= 0.3 is 0 Å². The maximum Gasteiger partial charge on any atom is 0.262 e. The highest BCUT2D eigenvalue weighted by Gasteiger charge is 2.34. The van der Waals surface area contributed by atoms with Crippen molar-refractivity contribution in [2.75, 3.05) is 66.8 Å². The summed E-state index contributed by atoms with van der Waals surface area (Å²) in [5.41, 5.74) is 2.63. The van der Waals surface area contributed by atoms with Gasteiger partial charge in [0.25, 0.3) is 5.91 Å². The molecule has 2 aliphatic heterocycles. The van der Waals surface area contributed by atoms with E-state index in [0.717, 1.165) is 35.7 Å². The number of carbonyl (C=O) groups is 2. The lowest BCUT2D eigenvalue weighted by Crippen LogP contribution is -2.47. The topological polar surface area (TPSA) is 83.9 Å². The molecule has 0 aliphatic carbocycles. The van der Waals surface area contributed by atoms with Crippen molar-refractivity contribution in [3.05, 3.63) is 64.7 Å². The molecular formula is C27H33ClN4O5. The standard InChI is InChI=1S/C27H33ClN4O5/c1-35-19-27(34)31(12-11-30-13-15-37-16-14-30)18-26(33)32-25(21-3-7-22(28)8-4-21)17-24(29-32)20-5-9-23(36-2)10-6-20/h3-10,25H,11-19H2,1-2H3. The molecule has 1 atom stereocenters. The summed E-state index contributed by atoms with van der Waals surface area (Å²) in [5.74, 6) is 0.262. The second kappa shape index (κ2) is 13.0. The van der Waals surface area contributed by atoms with E-state index in [1.165, 1.54) is 12.1 Å². The highest BCUT2D eigenvalue weighted by Crippen LogP contribution is 2.33. The number of halogens is 1. The van der Waals surface area contributed by atoms with E-state index >= 15 is 0 Å². The van der Waals surface area contributed by atoms with Crippen LogP contribution in [0.15, 0.2) is 53.6 Å². The fourth-order valence-corrected chi connectivity index (χ4v) is 4.60. The van der Waals surface area contributed by atoms with Crippen molar-refractivity contribution in [2.24, 2.45) is 5.10 Å². The normalized spacial score (nSPS) is 18.0. The lowest BCUT2D eigenvalue weighted by atomic mass is 9.98. The van der Waals surface area contributed by atoms with Gasteiger partial charge in [0.1, 0.15) is 18.9 Å². The molecule has 37 heavy (non-hydrogen) atoms. The van der Waals surface area contributed by atoms with Gasteiger partial charge in [-0.3, -0.25) is 14.5 Å². The largest absolute Gasteiger partial charge is 0.497 e. The van der Waals surface area contributed by atoms with E-state index in [9.17, 15) is 9.59 Å². The summed E-state index contributed by atoms with van der Waals surface area (Å²) in [6, 6.07) is 14.7. The summed E-state index contributed by atoms with van der Waals surface area (Å²) < 4.78 is 15.8. The molecule has 2 aromatic carbocycles. The van der Waals surface area contributed by atoms with Crippen LogP contribution in [0, 0.1) is 0 Å². The van der Waals surface area contributed by atoms with Gasteiger partial charge in [-0.1, -0.05) is 23.7 Å². The molecule has 2 amide bonds. The zero-order valence-corrected chi connectivity index (χ0v) is 22.0. The molecule has 0 N–H and O–H groups in total. The molecule has 0 aromatic heterocycles. The van der Waals surface area contributed by atoms with Crippen molar-refractivity contribution in [1.29, 1.82) is 0 Å². The van der Waals surface area contributed by atoms with Gasteiger partial charge in [-0.2, -0.15) is 5.10 Å². The summed E-state index contributed by atoms with van der Waals surface area (Å²) in [4.78, 5) is 30.3. The van der Waals surface area contributed by atoms with Gasteiger partial charge < -0.3 is 19.1 Å². The van der Waals surface area contributed by atoms with Gasteiger partial charge in [0, 0.05) is 44.7 Å². The predicted molar refractivity (Wildman–Crippen MR) is 141 cm³/mol. The van der Waals surface area contributed by atoms with Gasteiger partial charge in [-0.25, -0.2) is 5.01 Å². The number of hydrogen-bond acceptors (Lipinski definition) is 7. The second-order valence-electron chi connectivity index (χ2n) is 8.99. The number of nitrogens with zero attached hydrogens (tertiary/aromatic N) is 4. The van der Waals surface area contributed by atoms with Gasteiger partial charge in [0.15, 0.2) is 0 Å². The number of morpholine rings is 1. The molecule has 2 heterocycles. The minimum atomic E-state index is -0.305. The molecule has 1 fully saturated rings. The Balaban J connectivity index is 1.54. The number of hydrogen-bond donors (Lipinski definition) is 0. The molecule has 0 saturated carbocycles. The Kier molecular flexibility index (Phi) is 9.51. The van der Waals surface area contributed by atoms with Gasteiger partial charge in [-0.15, -0.1) is 0 Å². The molecule has 2 aromatic rings. The molecule has 0 bridgehead atoms. The SMILES string of the molecule is COCC(=O)N(CCN1CCOCC1)CC(=O)N1N=C(c2ccc(OC)cc2)CC1c1ccc(Cl)cc1. The van der Waals surface area contributed by atoms with Gasteiger partial charge in [0.05, 0.1) is 32.1 Å². The number of rotatable bonds is 10. The van der Waals surface area contributed by atoms with Crippen molar-refractivity contribution in [3.8, 4) is 5.75 Å². The number of carbonyl (C=O) groups excluding carboxylic acids is 2. The molecular weight excluding hydrogens is 496 g/mol. The molecule has 198 valence electrons. The first-order valence-electron chi connectivity index (χ1n) is 12.3. The Bertz CT molecular complexity index is 1090. The van der Waals surface area contributed by atoms with Crippen LogP contribution >= 0.6 is 11.6 Å². The third-order valence-corrected chi connectivity index (χ3v) is 6.83. The van der Waals surface area contributed by atoms with E-state index in [-0.39, 0.29) is 31.0 Å². The summed E-state index contributed by atoms with van der Waals surface area (Å²) in [5, 5.41) is 6.86. The van der Waals surface area contributed by atoms with E-state index in [0.29, 0.717) is 37.7 Å². The quantitative estimate of drug-likeness (QED) is 0.471. The minimum Gasteiger partial charge on any atom is -0.497 e. The minimum absolute atomic E-state index is 0.0859. The van der Waals surface area contributed by atoms with Crippen LogP contribution in [0.25, 0.3) is 0 Å². The number of methoxy groups -OCH3 is 2. The Morgan fingerprint density at radius 3 is 2.43 bits per heavy atom. The van der Waals surface area contributed by atoms with Crippen molar-refractivity contribution < 1.29 is 23.8 Å². The first kappa shape index (κ1) is 27.1. The summed E-state index contributed by atoms with van der Waals surface area (Å²) in [7, 11) is 3.09. The lowest BCUT2D eigenvalue weighted by Gasteiger charge is -2.31. The van der Waals surface area contributed by atoms with E-state index in [1.807, 2.05) is 48.5 Å². The van der Waals surface area contributed by atoms with Crippen LogP contribution in [-0.4, -0.2) is 99.1 Å².